The summed E-state index contributed by atoms with van der Waals surface area (Å²) in [6.07, 6.45) is 3.79. The van der Waals surface area contributed by atoms with Gasteiger partial charge in [0, 0.05) is 52.0 Å². The minimum atomic E-state index is 0.0862. The van der Waals surface area contributed by atoms with Crippen LogP contribution in [-0.2, 0) is 22.6 Å². The number of amides is 1. The minimum Gasteiger partial charge on any atom is -0.379 e. The summed E-state index contributed by atoms with van der Waals surface area (Å²) in [5.41, 5.74) is 2.49. The van der Waals surface area contributed by atoms with E-state index >= 15 is 0 Å². The van der Waals surface area contributed by atoms with Gasteiger partial charge in [-0.1, -0.05) is 29.8 Å². The highest BCUT2D eigenvalue weighted by Crippen LogP contribution is 2.10. The van der Waals surface area contributed by atoms with E-state index in [1.807, 2.05) is 17.3 Å². The van der Waals surface area contributed by atoms with Crippen molar-refractivity contribution in [2.45, 2.75) is 26.9 Å². The normalized spacial score (nSPS) is 15.2. The van der Waals surface area contributed by atoms with Crippen molar-refractivity contribution in [2.75, 3.05) is 39.4 Å². The van der Waals surface area contributed by atoms with Gasteiger partial charge in [0.15, 0.2) is 0 Å². The second kappa shape index (κ2) is 8.96. The molecule has 1 aliphatic rings. The first kappa shape index (κ1) is 18.6. The minimum absolute atomic E-state index is 0.0862. The lowest BCUT2D eigenvalue weighted by atomic mass is 10.1. The molecule has 26 heavy (non-hydrogen) atoms. The summed E-state index contributed by atoms with van der Waals surface area (Å²) in [6.45, 7) is 10.1. The van der Waals surface area contributed by atoms with Gasteiger partial charge in [0.25, 0.3) is 0 Å². The quantitative estimate of drug-likeness (QED) is 0.761. The van der Waals surface area contributed by atoms with Gasteiger partial charge in [0.2, 0.25) is 5.91 Å². The molecule has 0 spiro atoms. The van der Waals surface area contributed by atoms with Crippen LogP contribution in [-0.4, -0.2) is 64.7 Å². The van der Waals surface area contributed by atoms with Gasteiger partial charge >= 0.3 is 0 Å². The predicted octanol–water partition coefficient (Wildman–Crippen LogP) is 1.92. The number of nitrogens with zero attached hydrogens (tertiary/aromatic N) is 4. The van der Waals surface area contributed by atoms with Crippen LogP contribution in [0.25, 0.3) is 0 Å². The molecule has 2 aromatic rings. The SMILES string of the molecule is CC(=O)N(CCN1CCOCC1)Cc1nccn1Cc1ccc(C)cc1. The Morgan fingerprint density at radius 3 is 2.65 bits per heavy atom. The van der Waals surface area contributed by atoms with Crippen molar-refractivity contribution in [3.05, 3.63) is 53.6 Å². The summed E-state index contributed by atoms with van der Waals surface area (Å²) in [7, 11) is 0. The first-order chi connectivity index (χ1) is 12.6. The average Bonchev–Trinajstić information content (AvgIpc) is 3.08. The summed E-state index contributed by atoms with van der Waals surface area (Å²) in [6, 6.07) is 8.52. The van der Waals surface area contributed by atoms with Gasteiger partial charge in [-0.15, -0.1) is 0 Å². The molecule has 140 valence electrons. The molecule has 0 aliphatic carbocycles. The van der Waals surface area contributed by atoms with Gasteiger partial charge in [0.1, 0.15) is 5.82 Å². The van der Waals surface area contributed by atoms with Crippen LogP contribution < -0.4 is 0 Å². The number of aryl methyl sites for hydroxylation is 1. The third kappa shape index (κ3) is 5.16. The maximum absolute atomic E-state index is 12.1. The first-order valence-corrected chi connectivity index (χ1v) is 9.23. The molecule has 3 rings (SSSR count). The lowest BCUT2D eigenvalue weighted by Crippen LogP contribution is -2.42. The number of benzene rings is 1. The Kier molecular flexibility index (Phi) is 6.41. The zero-order chi connectivity index (χ0) is 18.4. The summed E-state index contributed by atoms with van der Waals surface area (Å²) >= 11 is 0. The highest BCUT2D eigenvalue weighted by Gasteiger charge is 2.16. The Morgan fingerprint density at radius 1 is 1.23 bits per heavy atom. The van der Waals surface area contributed by atoms with Crippen molar-refractivity contribution in [1.29, 1.82) is 0 Å². The third-order valence-electron chi connectivity index (χ3n) is 4.84. The molecule has 0 saturated carbocycles. The molecular weight excluding hydrogens is 328 g/mol. The number of hydrogen-bond acceptors (Lipinski definition) is 4. The van der Waals surface area contributed by atoms with Crippen LogP contribution in [0.4, 0.5) is 0 Å². The molecule has 0 unspecified atom stereocenters. The van der Waals surface area contributed by atoms with Crippen LogP contribution in [0.15, 0.2) is 36.7 Å². The summed E-state index contributed by atoms with van der Waals surface area (Å²) in [4.78, 5) is 20.8. The fourth-order valence-corrected chi connectivity index (χ4v) is 3.13. The second-order valence-electron chi connectivity index (χ2n) is 6.85. The van der Waals surface area contributed by atoms with E-state index in [9.17, 15) is 4.79 Å². The highest BCUT2D eigenvalue weighted by molar-refractivity contribution is 5.73. The Morgan fingerprint density at radius 2 is 1.96 bits per heavy atom. The molecule has 1 aliphatic heterocycles. The lowest BCUT2D eigenvalue weighted by molar-refractivity contribution is -0.129. The number of aromatic nitrogens is 2. The van der Waals surface area contributed by atoms with Crippen LogP contribution in [0.1, 0.15) is 23.9 Å². The Bertz CT molecular complexity index is 705. The van der Waals surface area contributed by atoms with Gasteiger partial charge in [0.05, 0.1) is 19.8 Å². The Hall–Kier alpha value is -2.18. The molecule has 1 amide bonds. The van der Waals surface area contributed by atoms with Crippen molar-refractivity contribution in [2.24, 2.45) is 0 Å². The number of imidazole rings is 1. The van der Waals surface area contributed by atoms with E-state index in [1.165, 1.54) is 11.1 Å². The molecule has 6 heteroatoms. The number of ether oxygens (including phenoxy) is 1. The van der Waals surface area contributed by atoms with E-state index in [-0.39, 0.29) is 5.91 Å². The molecule has 6 nitrogen and oxygen atoms in total. The van der Waals surface area contributed by atoms with Crippen LogP contribution in [0, 0.1) is 6.92 Å². The van der Waals surface area contributed by atoms with Crippen molar-refractivity contribution in [3.63, 3.8) is 0 Å². The number of morpholine rings is 1. The van der Waals surface area contributed by atoms with Crippen molar-refractivity contribution >= 4 is 5.91 Å². The van der Waals surface area contributed by atoms with Crippen LogP contribution in [0.3, 0.4) is 0 Å². The Labute approximate surface area is 155 Å². The fourth-order valence-electron chi connectivity index (χ4n) is 3.13. The van der Waals surface area contributed by atoms with Crippen molar-refractivity contribution < 1.29 is 9.53 Å². The standard InChI is InChI=1S/C20H28N4O2/c1-17-3-5-19(6-4-17)15-24-8-7-21-20(24)16-23(18(2)25)10-9-22-11-13-26-14-12-22/h3-8H,9-16H2,1-2H3. The number of rotatable bonds is 7. The van der Waals surface area contributed by atoms with Gasteiger partial charge in [-0.3, -0.25) is 9.69 Å². The second-order valence-corrected chi connectivity index (χ2v) is 6.85. The van der Waals surface area contributed by atoms with Crippen LogP contribution in [0.5, 0.6) is 0 Å². The van der Waals surface area contributed by atoms with Gasteiger partial charge in [-0.25, -0.2) is 4.98 Å². The van der Waals surface area contributed by atoms with E-state index in [0.717, 1.165) is 45.2 Å². The third-order valence-corrected chi connectivity index (χ3v) is 4.84. The van der Waals surface area contributed by atoms with Gasteiger partial charge in [-0.2, -0.15) is 0 Å². The first-order valence-electron chi connectivity index (χ1n) is 9.23. The molecule has 1 aromatic carbocycles. The maximum atomic E-state index is 12.1. The molecule has 0 bridgehead atoms. The number of carbonyl (C=O) groups is 1. The van der Waals surface area contributed by atoms with Crippen molar-refractivity contribution in [1.82, 2.24) is 19.4 Å². The molecule has 0 atom stereocenters. The fraction of sp³-hybridized carbons (Fsp3) is 0.500. The Balaban J connectivity index is 1.61. The van der Waals surface area contributed by atoms with Gasteiger partial charge in [-0.05, 0) is 12.5 Å². The average molecular weight is 356 g/mol. The van der Waals surface area contributed by atoms with E-state index in [0.29, 0.717) is 13.1 Å². The lowest BCUT2D eigenvalue weighted by Gasteiger charge is -2.29. The number of carbonyl (C=O) groups excluding carboxylic acids is 1. The maximum Gasteiger partial charge on any atom is 0.219 e. The molecule has 1 aromatic heterocycles. The molecular formula is C20H28N4O2. The summed E-state index contributed by atoms with van der Waals surface area (Å²) in [5.74, 6) is 1.01. The monoisotopic (exact) mass is 356 g/mol. The van der Waals surface area contributed by atoms with E-state index in [4.69, 9.17) is 4.74 Å². The highest BCUT2D eigenvalue weighted by atomic mass is 16.5. The predicted molar refractivity (Wildman–Crippen MR) is 101 cm³/mol. The smallest absolute Gasteiger partial charge is 0.219 e. The van der Waals surface area contributed by atoms with E-state index in [1.54, 1.807) is 6.92 Å². The molecule has 0 radical (unpaired) electrons. The number of hydrogen-bond donors (Lipinski definition) is 0. The topological polar surface area (TPSA) is 50.6 Å². The van der Waals surface area contributed by atoms with Gasteiger partial charge < -0.3 is 14.2 Å². The molecule has 1 fully saturated rings. The zero-order valence-corrected chi connectivity index (χ0v) is 15.7. The summed E-state index contributed by atoms with van der Waals surface area (Å²) < 4.78 is 7.50. The van der Waals surface area contributed by atoms with Crippen LogP contribution >= 0.6 is 0 Å². The largest absolute Gasteiger partial charge is 0.379 e. The van der Waals surface area contributed by atoms with Crippen LogP contribution in [0.2, 0.25) is 0 Å². The molecule has 1 saturated heterocycles. The zero-order valence-electron chi connectivity index (χ0n) is 15.7. The van der Waals surface area contributed by atoms with Crippen molar-refractivity contribution in [3.8, 4) is 0 Å². The van der Waals surface area contributed by atoms with E-state index in [2.05, 4.69) is 45.6 Å². The molecule has 2 heterocycles. The molecule has 0 N–H and O–H groups in total. The van der Waals surface area contributed by atoms with E-state index < -0.39 is 0 Å². The summed E-state index contributed by atoms with van der Waals surface area (Å²) in [5, 5.41) is 0.